The minimum absolute atomic E-state index is 0.0774. The predicted molar refractivity (Wildman–Crippen MR) is 124 cm³/mol. The maximum absolute atomic E-state index is 13.3. The summed E-state index contributed by atoms with van der Waals surface area (Å²) in [4.78, 5) is 39.3. The first-order valence-corrected chi connectivity index (χ1v) is 11.2. The lowest BCUT2D eigenvalue weighted by Crippen LogP contribution is -2.53. The van der Waals surface area contributed by atoms with Gasteiger partial charge in [0.15, 0.2) is 0 Å². The molecule has 8 nitrogen and oxygen atoms in total. The number of ether oxygens (including phenoxy) is 2. The molecule has 2 aliphatic heterocycles. The summed E-state index contributed by atoms with van der Waals surface area (Å²) in [6.45, 7) is 0.255. The average molecular weight is 472 g/mol. The topological polar surface area (TPSA) is 97.0 Å². The van der Waals surface area contributed by atoms with Gasteiger partial charge in [0.25, 0.3) is 11.8 Å². The van der Waals surface area contributed by atoms with Crippen molar-refractivity contribution in [2.45, 2.75) is 37.5 Å². The number of carbonyl (C=O) groups is 3. The maximum atomic E-state index is 13.3. The van der Waals surface area contributed by atoms with E-state index in [1.54, 1.807) is 61.5 Å². The van der Waals surface area contributed by atoms with Crippen LogP contribution in [0.1, 0.15) is 40.0 Å². The Hall–Kier alpha value is -3.10. The maximum Gasteiger partial charge on any atom is 0.257 e. The van der Waals surface area contributed by atoms with Crippen LogP contribution in [-0.4, -0.2) is 61.6 Å². The van der Waals surface area contributed by atoms with Gasteiger partial charge in [-0.25, -0.2) is 0 Å². The molecule has 2 heterocycles. The molecular formula is C24H26ClN3O5. The second-order valence-corrected chi connectivity index (χ2v) is 8.60. The number of likely N-dealkylation sites (N-methyl/N-ethyl adjacent to an activating group) is 1. The molecule has 3 amide bonds. The number of anilines is 1. The van der Waals surface area contributed by atoms with Crippen molar-refractivity contribution >= 4 is 35.0 Å². The summed E-state index contributed by atoms with van der Waals surface area (Å²) in [7, 11) is 3.34. The Morgan fingerprint density at radius 2 is 1.97 bits per heavy atom. The molecule has 1 saturated heterocycles. The Balaban J connectivity index is 1.52. The SMILES string of the molecule is CNC(=O)C[C@H]1CC[C@@H]2[C@H](COc3ccc(NC(=O)c4ccccc4Cl)cc3C(=O)N2C)O1. The lowest BCUT2D eigenvalue weighted by Gasteiger charge is -2.42. The zero-order chi connectivity index (χ0) is 23.5. The van der Waals surface area contributed by atoms with E-state index < -0.39 is 0 Å². The summed E-state index contributed by atoms with van der Waals surface area (Å²) < 4.78 is 12.1. The molecule has 0 aliphatic carbocycles. The van der Waals surface area contributed by atoms with Crippen molar-refractivity contribution in [1.29, 1.82) is 0 Å². The first-order valence-electron chi connectivity index (χ1n) is 10.8. The first-order chi connectivity index (χ1) is 15.9. The molecule has 3 atom stereocenters. The molecule has 2 N–H and O–H groups in total. The number of hydrogen-bond acceptors (Lipinski definition) is 5. The number of rotatable bonds is 4. The van der Waals surface area contributed by atoms with E-state index in [1.807, 2.05) is 0 Å². The standard InChI is InChI=1S/C24H26ClN3O5/c1-26-22(29)12-15-8-9-19-21(33-15)13-32-20-10-7-14(11-17(20)24(31)28(19)2)27-23(30)16-5-3-4-6-18(16)25/h3-7,10-11,15,19,21H,8-9,12-13H2,1-2H3,(H,26,29)(H,27,30)/t15-,19-,21+/m1/s1. The van der Waals surface area contributed by atoms with Gasteiger partial charge >= 0.3 is 0 Å². The fraction of sp³-hybridized carbons (Fsp3) is 0.375. The molecule has 2 aromatic rings. The fourth-order valence-electron chi connectivity index (χ4n) is 4.26. The van der Waals surface area contributed by atoms with Crippen LogP contribution in [0.15, 0.2) is 42.5 Å². The summed E-state index contributed by atoms with van der Waals surface area (Å²) in [6, 6.07) is 11.5. The molecule has 33 heavy (non-hydrogen) atoms. The van der Waals surface area contributed by atoms with Crippen LogP contribution in [0.2, 0.25) is 5.02 Å². The van der Waals surface area contributed by atoms with Crippen molar-refractivity contribution in [2.75, 3.05) is 26.0 Å². The summed E-state index contributed by atoms with van der Waals surface area (Å²) in [5, 5.41) is 5.76. The van der Waals surface area contributed by atoms with Gasteiger partial charge in [-0.05, 0) is 43.2 Å². The number of nitrogens with one attached hydrogen (secondary N) is 2. The van der Waals surface area contributed by atoms with Gasteiger partial charge in [0.05, 0.1) is 34.7 Å². The highest BCUT2D eigenvalue weighted by Crippen LogP contribution is 2.32. The van der Waals surface area contributed by atoms with Gasteiger partial charge in [-0.2, -0.15) is 0 Å². The van der Waals surface area contributed by atoms with Gasteiger partial charge in [0, 0.05) is 19.8 Å². The monoisotopic (exact) mass is 471 g/mol. The van der Waals surface area contributed by atoms with Crippen molar-refractivity contribution in [2.24, 2.45) is 0 Å². The second kappa shape index (κ2) is 9.80. The van der Waals surface area contributed by atoms with E-state index in [-0.39, 0.29) is 49.0 Å². The highest BCUT2D eigenvalue weighted by atomic mass is 35.5. The van der Waals surface area contributed by atoms with Crippen molar-refractivity contribution in [3.05, 3.63) is 58.6 Å². The third kappa shape index (κ3) is 4.96. The predicted octanol–water partition coefficient (Wildman–Crippen LogP) is 3.11. The minimum atomic E-state index is -0.365. The van der Waals surface area contributed by atoms with Crippen LogP contribution in [-0.2, 0) is 9.53 Å². The van der Waals surface area contributed by atoms with Crippen LogP contribution in [0.4, 0.5) is 5.69 Å². The summed E-state index contributed by atoms with van der Waals surface area (Å²) in [5.41, 5.74) is 1.17. The summed E-state index contributed by atoms with van der Waals surface area (Å²) in [6.07, 6.45) is 1.11. The summed E-state index contributed by atoms with van der Waals surface area (Å²) >= 11 is 6.12. The number of fused-ring (bicyclic) bond motifs is 2. The Bertz CT molecular complexity index is 1080. The van der Waals surface area contributed by atoms with Gasteiger partial charge in [0.2, 0.25) is 5.91 Å². The van der Waals surface area contributed by atoms with Crippen LogP contribution in [0, 0.1) is 0 Å². The van der Waals surface area contributed by atoms with E-state index >= 15 is 0 Å². The molecule has 174 valence electrons. The van der Waals surface area contributed by atoms with E-state index in [2.05, 4.69) is 10.6 Å². The van der Waals surface area contributed by atoms with Gasteiger partial charge in [-0.3, -0.25) is 14.4 Å². The number of hydrogen-bond donors (Lipinski definition) is 2. The lowest BCUT2D eigenvalue weighted by molar-refractivity contribution is -0.133. The van der Waals surface area contributed by atoms with Crippen molar-refractivity contribution < 1.29 is 23.9 Å². The van der Waals surface area contributed by atoms with Gasteiger partial charge in [-0.15, -0.1) is 0 Å². The van der Waals surface area contributed by atoms with E-state index in [9.17, 15) is 14.4 Å². The zero-order valence-electron chi connectivity index (χ0n) is 18.5. The van der Waals surface area contributed by atoms with Gasteiger partial charge in [-0.1, -0.05) is 23.7 Å². The second-order valence-electron chi connectivity index (χ2n) is 8.19. The molecule has 1 fully saturated rings. The van der Waals surface area contributed by atoms with E-state index in [0.717, 1.165) is 0 Å². The number of amides is 3. The molecule has 2 aromatic carbocycles. The summed E-state index contributed by atoms with van der Waals surface area (Å²) in [5.74, 6) is -0.248. The minimum Gasteiger partial charge on any atom is -0.490 e. The Kier molecular flexibility index (Phi) is 6.85. The number of carbonyl (C=O) groups excluding carboxylic acids is 3. The number of benzene rings is 2. The van der Waals surface area contributed by atoms with Crippen LogP contribution >= 0.6 is 11.6 Å². The Labute approximate surface area is 197 Å². The molecule has 0 spiro atoms. The fourth-order valence-corrected chi connectivity index (χ4v) is 4.48. The molecule has 2 aliphatic rings. The molecule has 9 heteroatoms. The molecule has 0 saturated carbocycles. The zero-order valence-corrected chi connectivity index (χ0v) is 19.2. The lowest BCUT2D eigenvalue weighted by atomic mass is 9.94. The molecule has 0 aromatic heterocycles. The van der Waals surface area contributed by atoms with Crippen LogP contribution in [0.3, 0.4) is 0 Å². The molecule has 0 radical (unpaired) electrons. The van der Waals surface area contributed by atoms with Crippen LogP contribution in [0.25, 0.3) is 0 Å². The molecule has 0 unspecified atom stereocenters. The smallest absolute Gasteiger partial charge is 0.257 e. The molecule has 4 rings (SSSR count). The first kappa shape index (κ1) is 23.1. The van der Waals surface area contributed by atoms with E-state index in [4.69, 9.17) is 21.1 Å². The van der Waals surface area contributed by atoms with Gasteiger partial charge < -0.3 is 25.0 Å². The van der Waals surface area contributed by atoms with E-state index in [1.165, 1.54) is 0 Å². The van der Waals surface area contributed by atoms with Crippen molar-refractivity contribution in [3.8, 4) is 5.75 Å². The van der Waals surface area contributed by atoms with Gasteiger partial charge in [0.1, 0.15) is 18.5 Å². The van der Waals surface area contributed by atoms with Crippen LogP contribution in [0.5, 0.6) is 5.75 Å². The highest BCUT2D eigenvalue weighted by molar-refractivity contribution is 6.34. The number of nitrogens with zero attached hydrogens (tertiary/aromatic N) is 1. The van der Waals surface area contributed by atoms with Crippen molar-refractivity contribution in [1.82, 2.24) is 10.2 Å². The van der Waals surface area contributed by atoms with Crippen LogP contribution < -0.4 is 15.4 Å². The third-order valence-electron chi connectivity index (χ3n) is 6.08. The molecular weight excluding hydrogens is 446 g/mol. The number of halogens is 1. The largest absolute Gasteiger partial charge is 0.490 e. The van der Waals surface area contributed by atoms with E-state index in [0.29, 0.717) is 40.4 Å². The molecule has 0 bridgehead atoms. The Morgan fingerprint density at radius 1 is 1.18 bits per heavy atom. The Morgan fingerprint density at radius 3 is 2.73 bits per heavy atom. The van der Waals surface area contributed by atoms with Crippen molar-refractivity contribution in [3.63, 3.8) is 0 Å². The quantitative estimate of drug-likeness (QED) is 0.714. The average Bonchev–Trinajstić information content (AvgIpc) is 2.82. The normalized spacial score (nSPS) is 22.2. The highest BCUT2D eigenvalue weighted by Gasteiger charge is 2.39. The third-order valence-corrected chi connectivity index (χ3v) is 6.41.